The predicted molar refractivity (Wildman–Crippen MR) is 60.1 cm³/mol. The highest BCUT2D eigenvalue weighted by molar-refractivity contribution is 5.92. The Balaban J connectivity index is 2.71. The van der Waals surface area contributed by atoms with Gasteiger partial charge in [0.05, 0.1) is 11.4 Å². The molecule has 1 heterocycles. The highest BCUT2D eigenvalue weighted by Gasteiger charge is 2.19. The van der Waals surface area contributed by atoms with Crippen molar-refractivity contribution in [2.24, 2.45) is 0 Å². The van der Waals surface area contributed by atoms with Crippen LogP contribution in [0.4, 0.5) is 0 Å². The van der Waals surface area contributed by atoms with E-state index in [1.54, 1.807) is 19.2 Å². The van der Waals surface area contributed by atoms with Gasteiger partial charge in [-0.2, -0.15) is 0 Å². The summed E-state index contributed by atoms with van der Waals surface area (Å²) in [6, 6.07) is 7.26. The number of rotatable bonds is 3. The molecule has 16 heavy (non-hydrogen) atoms. The molecule has 2 rings (SSSR count). The average Bonchev–Trinajstić information content (AvgIpc) is 2.66. The fraction of sp³-hybridized carbons (Fsp3) is 0.167. The Morgan fingerprint density at radius 3 is 2.75 bits per heavy atom. The van der Waals surface area contributed by atoms with Gasteiger partial charge in [-0.05, 0) is 18.6 Å². The molecule has 1 aromatic heterocycles. The molecular weight excluding hydrogens is 206 g/mol. The van der Waals surface area contributed by atoms with Crippen LogP contribution in [0.5, 0.6) is 0 Å². The van der Waals surface area contributed by atoms with Crippen molar-refractivity contribution in [1.29, 1.82) is 0 Å². The Morgan fingerprint density at radius 1 is 1.44 bits per heavy atom. The largest absolute Gasteiger partial charge is 0.481 e. The molecule has 1 aromatic carbocycles. The Morgan fingerprint density at radius 2 is 2.12 bits per heavy atom. The van der Waals surface area contributed by atoms with E-state index in [-0.39, 0.29) is 0 Å². The first-order valence-electron chi connectivity index (χ1n) is 4.92. The van der Waals surface area contributed by atoms with E-state index in [0.717, 1.165) is 10.9 Å². The monoisotopic (exact) mass is 217 g/mol. The standard InChI is InChI=1S/C12H11NO3/c1-8(12(15)16)10-6-13(7-14)11-5-3-2-4-9(10)11/h2-8H,1H3,(H,15,16). The molecule has 2 aromatic rings. The molecule has 0 radical (unpaired) electrons. The van der Waals surface area contributed by atoms with Crippen LogP contribution in [-0.2, 0) is 9.59 Å². The molecule has 0 bridgehead atoms. The Hall–Kier alpha value is -2.10. The van der Waals surface area contributed by atoms with Crippen LogP contribution in [0.2, 0.25) is 0 Å². The third-order valence-corrected chi connectivity index (χ3v) is 2.72. The number of aliphatic carboxylic acids is 1. The second-order valence-corrected chi connectivity index (χ2v) is 3.67. The van der Waals surface area contributed by atoms with Gasteiger partial charge >= 0.3 is 5.97 Å². The molecule has 1 atom stereocenters. The normalized spacial score (nSPS) is 12.6. The summed E-state index contributed by atoms with van der Waals surface area (Å²) in [6.45, 7) is 1.61. The van der Waals surface area contributed by atoms with Crippen LogP contribution in [-0.4, -0.2) is 22.1 Å². The third-order valence-electron chi connectivity index (χ3n) is 2.72. The van der Waals surface area contributed by atoms with Gasteiger partial charge in [0.25, 0.3) is 0 Å². The first kappa shape index (κ1) is 10.4. The van der Waals surface area contributed by atoms with Crippen LogP contribution in [0.15, 0.2) is 30.5 Å². The average molecular weight is 217 g/mol. The molecule has 0 spiro atoms. The minimum atomic E-state index is -0.895. The summed E-state index contributed by atoms with van der Waals surface area (Å²) in [5, 5.41) is 9.79. The van der Waals surface area contributed by atoms with Gasteiger partial charge in [-0.1, -0.05) is 18.2 Å². The number of benzene rings is 1. The number of hydrogen-bond acceptors (Lipinski definition) is 2. The maximum atomic E-state index is 10.9. The van der Waals surface area contributed by atoms with E-state index in [1.807, 2.05) is 18.2 Å². The summed E-state index contributed by atoms with van der Waals surface area (Å²) < 4.78 is 1.41. The van der Waals surface area contributed by atoms with Crippen molar-refractivity contribution >= 4 is 23.3 Å². The molecule has 0 fully saturated rings. The molecule has 0 aliphatic carbocycles. The van der Waals surface area contributed by atoms with Crippen LogP contribution >= 0.6 is 0 Å². The van der Waals surface area contributed by atoms with Crippen LogP contribution in [0.25, 0.3) is 10.9 Å². The lowest BCUT2D eigenvalue weighted by atomic mass is 10.0. The number of hydrogen-bond donors (Lipinski definition) is 1. The highest BCUT2D eigenvalue weighted by Crippen LogP contribution is 2.27. The fourth-order valence-corrected chi connectivity index (χ4v) is 1.80. The van der Waals surface area contributed by atoms with Crippen LogP contribution < -0.4 is 0 Å². The number of carbonyl (C=O) groups is 2. The molecular formula is C12H11NO3. The van der Waals surface area contributed by atoms with E-state index in [1.165, 1.54) is 4.57 Å². The topological polar surface area (TPSA) is 59.3 Å². The lowest BCUT2D eigenvalue weighted by molar-refractivity contribution is -0.138. The van der Waals surface area contributed by atoms with E-state index in [0.29, 0.717) is 12.0 Å². The zero-order chi connectivity index (χ0) is 11.7. The summed E-state index contributed by atoms with van der Waals surface area (Å²) >= 11 is 0. The number of carboxylic acids is 1. The number of carbonyl (C=O) groups excluding carboxylic acids is 1. The molecule has 0 saturated heterocycles. The smallest absolute Gasteiger partial charge is 0.310 e. The lowest BCUT2D eigenvalue weighted by Gasteiger charge is -2.03. The number of carboxylic acid groups (broad SMARTS) is 1. The van der Waals surface area contributed by atoms with Gasteiger partial charge in [0.2, 0.25) is 6.41 Å². The van der Waals surface area contributed by atoms with Gasteiger partial charge in [0.1, 0.15) is 0 Å². The molecule has 82 valence electrons. The van der Waals surface area contributed by atoms with Crippen LogP contribution in [0.3, 0.4) is 0 Å². The zero-order valence-electron chi connectivity index (χ0n) is 8.75. The predicted octanol–water partition coefficient (Wildman–Crippen LogP) is 1.87. The zero-order valence-corrected chi connectivity index (χ0v) is 8.75. The maximum Gasteiger partial charge on any atom is 0.310 e. The summed E-state index contributed by atoms with van der Waals surface area (Å²) in [5.74, 6) is -1.51. The number of para-hydroxylation sites is 1. The van der Waals surface area contributed by atoms with Gasteiger partial charge in [-0.15, -0.1) is 0 Å². The van der Waals surface area contributed by atoms with Crippen molar-refractivity contribution in [1.82, 2.24) is 4.57 Å². The summed E-state index contributed by atoms with van der Waals surface area (Å²) in [5.41, 5.74) is 1.40. The second kappa shape index (κ2) is 3.81. The molecule has 1 unspecified atom stereocenters. The summed E-state index contributed by atoms with van der Waals surface area (Å²) in [4.78, 5) is 21.8. The first-order chi connectivity index (χ1) is 7.65. The van der Waals surface area contributed by atoms with Crippen LogP contribution in [0, 0.1) is 0 Å². The van der Waals surface area contributed by atoms with E-state index in [2.05, 4.69) is 0 Å². The van der Waals surface area contributed by atoms with Crippen molar-refractivity contribution in [3.05, 3.63) is 36.0 Å². The minimum Gasteiger partial charge on any atom is -0.481 e. The second-order valence-electron chi connectivity index (χ2n) is 3.67. The molecule has 0 aliphatic rings. The van der Waals surface area contributed by atoms with E-state index in [4.69, 9.17) is 5.11 Å². The van der Waals surface area contributed by atoms with Gasteiger partial charge in [-0.3, -0.25) is 14.2 Å². The molecule has 1 N–H and O–H groups in total. The van der Waals surface area contributed by atoms with E-state index in [9.17, 15) is 9.59 Å². The molecule has 0 amide bonds. The Kier molecular flexibility index (Phi) is 2.48. The molecule has 0 aliphatic heterocycles. The van der Waals surface area contributed by atoms with Crippen LogP contribution in [0.1, 0.15) is 18.4 Å². The molecule has 4 nitrogen and oxygen atoms in total. The molecule has 0 saturated carbocycles. The van der Waals surface area contributed by atoms with Crippen molar-refractivity contribution in [3.63, 3.8) is 0 Å². The highest BCUT2D eigenvalue weighted by atomic mass is 16.4. The van der Waals surface area contributed by atoms with Gasteiger partial charge < -0.3 is 5.11 Å². The van der Waals surface area contributed by atoms with Gasteiger partial charge in [0.15, 0.2) is 0 Å². The van der Waals surface area contributed by atoms with Gasteiger partial charge in [-0.25, -0.2) is 0 Å². The SMILES string of the molecule is CC(C(=O)O)c1cn(C=O)c2ccccc12. The summed E-state index contributed by atoms with van der Waals surface area (Å²) in [7, 11) is 0. The Labute approximate surface area is 92.1 Å². The van der Waals surface area contributed by atoms with E-state index < -0.39 is 11.9 Å². The fourth-order valence-electron chi connectivity index (χ4n) is 1.80. The lowest BCUT2D eigenvalue weighted by Crippen LogP contribution is -2.06. The first-order valence-corrected chi connectivity index (χ1v) is 4.92. The quantitative estimate of drug-likeness (QED) is 0.798. The number of aromatic nitrogens is 1. The van der Waals surface area contributed by atoms with E-state index >= 15 is 0 Å². The number of nitrogens with zero attached hydrogens (tertiary/aromatic N) is 1. The Bertz CT molecular complexity index is 556. The van der Waals surface area contributed by atoms with Gasteiger partial charge in [0, 0.05) is 11.6 Å². The van der Waals surface area contributed by atoms with Crippen molar-refractivity contribution in [2.75, 3.05) is 0 Å². The minimum absolute atomic E-state index is 0.619. The number of fused-ring (bicyclic) bond motifs is 1. The third kappa shape index (κ3) is 1.48. The van der Waals surface area contributed by atoms with Crippen molar-refractivity contribution in [3.8, 4) is 0 Å². The maximum absolute atomic E-state index is 10.9. The summed E-state index contributed by atoms with van der Waals surface area (Å²) in [6.07, 6.45) is 2.26. The molecule has 4 heteroatoms. The van der Waals surface area contributed by atoms with Crippen molar-refractivity contribution in [2.45, 2.75) is 12.8 Å². The van der Waals surface area contributed by atoms with Crippen molar-refractivity contribution < 1.29 is 14.7 Å².